The highest BCUT2D eigenvalue weighted by atomic mass is 35.5. The first-order valence-electron chi connectivity index (χ1n) is 7.27. The van der Waals surface area contributed by atoms with Crippen molar-refractivity contribution >= 4 is 29.9 Å². The minimum absolute atomic E-state index is 0. The summed E-state index contributed by atoms with van der Waals surface area (Å²) in [4.78, 5) is 23.9. The Morgan fingerprint density at radius 1 is 1.26 bits per heavy atom. The highest BCUT2D eigenvalue weighted by Crippen LogP contribution is 2.13. The third kappa shape index (κ3) is 6.99. The van der Waals surface area contributed by atoms with Crippen LogP contribution in [-0.2, 0) is 9.53 Å². The summed E-state index contributed by atoms with van der Waals surface area (Å²) in [7, 11) is 1.48. The SMILES string of the molecule is CCC(C)(C)NC(=O)c1ccc(NC(=O)C(N)COC)cc1.Cl. The van der Waals surface area contributed by atoms with Crippen molar-refractivity contribution in [2.45, 2.75) is 38.8 Å². The van der Waals surface area contributed by atoms with Crippen LogP contribution in [-0.4, -0.2) is 37.1 Å². The van der Waals surface area contributed by atoms with Crippen molar-refractivity contribution in [3.05, 3.63) is 29.8 Å². The molecule has 1 aromatic carbocycles. The Morgan fingerprint density at radius 3 is 2.30 bits per heavy atom. The van der Waals surface area contributed by atoms with Crippen LogP contribution in [0, 0.1) is 0 Å². The lowest BCUT2D eigenvalue weighted by atomic mass is 10.0. The summed E-state index contributed by atoms with van der Waals surface area (Å²) in [6.07, 6.45) is 0.838. The predicted octanol–water partition coefficient (Wildman–Crippen LogP) is 1.94. The molecule has 0 aromatic heterocycles. The maximum Gasteiger partial charge on any atom is 0.251 e. The number of rotatable bonds is 7. The lowest BCUT2D eigenvalue weighted by Crippen LogP contribution is -2.42. The Kier molecular flexibility index (Phi) is 8.82. The van der Waals surface area contributed by atoms with E-state index in [4.69, 9.17) is 10.5 Å². The molecule has 0 heterocycles. The van der Waals surface area contributed by atoms with Gasteiger partial charge in [-0.15, -0.1) is 12.4 Å². The minimum atomic E-state index is -0.724. The molecule has 0 saturated carbocycles. The minimum Gasteiger partial charge on any atom is -0.383 e. The summed E-state index contributed by atoms with van der Waals surface area (Å²) in [6.45, 7) is 6.11. The van der Waals surface area contributed by atoms with Crippen LogP contribution in [0.5, 0.6) is 0 Å². The van der Waals surface area contributed by atoms with Gasteiger partial charge in [0, 0.05) is 23.9 Å². The summed E-state index contributed by atoms with van der Waals surface area (Å²) in [5, 5.41) is 5.63. The lowest BCUT2D eigenvalue weighted by Gasteiger charge is -2.24. The molecular weight excluding hydrogens is 318 g/mol. The topological polar surface area (TPSA) is 93.5 Å². The molecule has 0 bridgehead atoms. The number of methoxy groups -OCH3 is 1. The Hall–Kier alpha value is -1.63. The van der Waals surface area contributed by atoms with E-state index >= 15 is 0 Å². The first-order valence-corrected chi connectivity index (χ1v) is 7.27. The van der Waals surface area contributed by atoms with Crippen molar-refractivity contribution in [3.63, 3.8) is 0 Å². The first kappa shape index (κ1) is 21.4. The highest BCUT2D eigenvalue weighted by molar-refractivity contribution is 5.97. The molecule has 1 rings (SSSR count). The summed E-state index contributed by atoms with van der Waals surface area (Å²) in [5.41, 5.74) is 6.51. The van der Waals surface area contributed by atoms with Crippen molar-refractivity contribution in [1.29, 1.82) is 0 Å². The van der Waals surface area contributed by atoms with Gasteiger partial charge in [0.05, 0.1) is 6.61 Å². The Balaban J connectivity index is 0.00000484. The molecule has 6 nitrogen and oxygen atoms in total. The highest BCUT2D eigenvalue weighted by Gasteiger charge is 2.19. The van der Waals surface area contributed by atoms with Gasteiger partial charge in [-0.2, -0.15) is 0 Å². The fraction of sp³-hybridized carbons (Fsp3) is 0.500. The van der Waals surface area contributed by atoms with Crippen LogP contribution >= 0.6 is 12.4 Å². The molecule has 0 saturated heterocycles. The smallest absolute Gasteiger partial charge is 0.251 e. The van der Waals surface area contributed by atoms with Gasteiger partial charge in [0.2, 0.25) is 5.91 Å². The van der Waals surface area contributed by atoms with Gasteiger partial charge in [0.15, 0.2) is 0 Å². The van der Waals surface area contributed by atoms with E-state index in [9.17, 15) is 9.59 Å². The molecule has 130 valence electrons. The number of anilines is 1. The van der Waals surface area contributed by atoms with Crippen LogP contribution in [0.1, 0.15) is 37.6 Å². The number of hydrogen-bond acceptors (Lipinski definition) is 4. The van der Waals surface area contributed by atoms with Gasteiger partial charge >= 0.3 is 0 Å². The number of hydrogen-bond donors (Lipinski definition) is 3. The van der Waals surface area contributed by atoms with Gasteiger partial charge in [-0.3, -0.25) is 9.59 Å². The third-order valence-electron chi connectivity index (χ3n) is 3.43. The number of ether oxygens (including phenoxy) is 1. The normalized spacial score (nSPS) is 12.0. The van der Waals surface area contributed by atoms with E-state index in [-0.39, 0.29) is 36.4 Å². The number of benzene rings is 1. The van der Waals surface area contributed by atoms with E-state index in [1.54, 1.807) is 24.3 Å². The van der Waals surface area contributed by atoms with E-state index in [1.165, 1.54) is 7.11 Å². The summed E-state index contributed by atoms with van der Waals surface area (Å²) < 4.78 is 4.83. The Morgan fingerprint density at radius 2 is 1.83 bits per heavy atom. The zero-order valence-corrected chi connectivity index (χ0v) is 14.8. The van der Waals surface area contributed by atoms with Crippen LogP contribution in [0.4, 0.5) is 5.69 Å². The van der Waals surface area contributed by atoms with Crippen molar-refractivity contribution in [2.75, 3.05) is 19.0 Å². The van der Waals surface area contributed by atoms with Crippen molar-refractivity contribution in [2.24, 2.45) is 5.73 Å². The van der Waals surface area contributed by atoms with Crippen molar-refractivity contribution in [1.82, 2.24) is 5.32 Å². The molecular formula is C16H26ClN3O3. The average molecular weight is 344 g/mol. The van der Waals surface area contributed by atoms with E-state index in [2.05, 4.69) is 10.6 Å². The Bertz CT molecular complexity index is 518. The van der Waals surface area contributed by atoms with Gasteiger partial charge in [0.25, 0.3) is 5.91 Å². The number of halogens is 1. The standard InChI is InChI=1S/C16H25N3O3.ClH/c1-5-16(2,3)19-14(20)11-6-8-12(9-7-11)18-15(21)13(17)10-22-4;/h6-9,13H,5,10,17H2,1-4H3,(H,18,21)(H,19,20);1H. The van der Waals surface area contributed by atoms with Crippen LogP contribution in [0.2, 0.25) is 0 Å². The van der Waals surface area contributed by atoms with Gasteiger partial charge in [-0.05, 0) is 44.5 Å². The molecule has 0 spiro atoms. The third-order valence-corrected chi connectivity index (χ3v) is 3.43. The van der Waals surface area contributed by atoms with Gasteiger partial charge in [0.1, 0.15) is 6.04 Å². The Labute approximate surface area is 143 Å². The van der Waals surface area contributed by atoms with Gasteiger partial charge in [-0.1, -0.05) is 6.92 Å². The molecule has 1 unspecified atom stereocenters. The summed E-state index contributed by atoms with van der Waals surface area (Å²) in [5.74, 6) is -0.466. The molecule has 0 aliphatic carbocycles. The maximum absolute atomic E-state index is 12.1. The summed E-state index contributed by atoms with van der Waals surface area (Å²) >= 11 is 0. The fourth-order valence-electron chi connectivity index (χ4n) is 1.66. The number of nitrogens with two attached hydrogens (primary N) is 1. The molecule has 1 aromatic rings. The number of amides is 2. The second kappa shape index (κ2) is 9.50. The van der Waals surface area contributed by atoms with E-state index < -0.39 is 6.04 Å². The molecule has 4 N–H and O–H groups in total. The van der Waals surface area contributed by atoms with Crippen LogP contribution in [0.3, 0.4) is 0 Å². The van der Waals surface area contributed by atoms with Gasteiger partial charge in [-0.25, -0.2) is 0 Å². The van der Waals surface area contributed by atoms with Crippen LogP contribution in [0.25, 0.3) is 0 Å². The predicted molar refractivity (Wildman–Crippen MR) is 94.0 cm³/mol. The second-order valence-electron chi connectivity index (χ2n) is 5.82. The van der Waals surface area contributed by atoms with Crippen molar-refractivity contribution < 1.29 is 14.3 Å². The number of carbonyl (C=O) groups is 2. The molecule has 0 fully saturated rings. The molecule has 0 aliphatic heterocycles. The zero-order chi connectivity index (χ0) is 16.8. The van der Waals surface area contributed by atoms with E-state index in [0.717, 1.165) is 6.42 Å². The average Bonchev–Trinajstić information content (AvgIpc) is 2.47. The fourth-order valence-corrected chi connectivity index (χ4v) is 1.66. The zero-order valence-electron chi connectivity index (χ0n) is 14.0. The van der Waals surface area contributed by atoms with Crippen LogP contribution in [0.15, 0.2) is 24.3 Å². The van der Waals surface area contributed by atoms with E-state index in [0.29, 0.717) is 11.3 Å². The second-order valence-corrected chi connectivity index (χ2v) is 5.82. The van der Waals surface area contributed by atoms with Crippen LogP contribution < -0.4 is 16.4 Å². The molecule has 23 heavy (non-hydrogen) atoms. The monoisotopic (exact) mass is 343 g/mol. The molecule has 2 amide bonds. The first-order chi connectivity index (χ1) is 10.3. The number of carbonyl (C=O) groups excluding carboxylic acids is 2. The molecule has 0 aliphatic rings. The lowest BCUT2D eigenvalue weighted by molar-refractivity contribution is -0.118. The molecule has 1 atom stereocenters. The largest absolute Gasteiger partial charge is 0.383 e. The quantitative estimate of drug-likeness (QED) is 0.705. The van der Waals surface area contributed by atoms with Crippen molar-refractivity contribution in [3.8, 4) is 0 Å². The molecule has 0 radical (unpaired) electrons. The van der Waals surface area contributed by atoms with E-state index in [1.807, 2.05) is 20.8 Å². The summed E-state index contributed by atoms with van der Waals surface area (Å²) in [6, 6.07) is 5.95. The van der Waals surface area contributed by atoms with Gasteiger partial charge < -0.3 is 21.1 Å². The number of nitrogens with one attached hydrogen (secondary N) is 2. The maximum atomic E-state index is 12.1. The molecule has 7 heteroatoms.